The fourth-order valence-corrected chi connectivity index (χ4v) is 2.29. The van der Waals surface area contributed by atoms with Gasteiger partial charge in [-0.2, -0.15) is 0 Å². The summed E-state index contributed by atoms with van der Waals surface area (Å²) in [5, 5.41) is 0.757. The van der Waals surface area contributed by atoms with Crippen LogP contribution in [0.5, 0.6) is 0 Å². The lowest BCUT2D eigenvalue weighted by atomic mass is 9.86. The molecule has 98 valence electrons. The van der Waals surface area contributed by atoms with Crippen LogP contribution in [0, 0.1) is 5.92 Å². The van der Waals surface area contributed by atoms with Gasteiger partial charge in [0.2, 0.25) is 0 Å². The lowest BCUT2D eigenvalue weighted by Gasteiger charge is -2.24. The Morgan fingerprint density at radius 3 is 2.79 bits per heavy atom. The highest BCUT2D eigenvalue weighted by Crippen LogP contribution is 2.26. The van der Waals surface area contributed by atoms with Gasteiger partial charge in [-0.25, -0.2) is 4.79 Å². The van der Waals surface area contributed by atoms with E-state index in [-0.39, 0.29) is 0 Å². The van der Waals surface area contributed by atoms with Crippen molar-refractivity contribution in [2.45, 2.75) is 19.3 Å². The second kappa shape index (κ2) is 4.88. The minimum atomic E-state index is -0.753. The van der Waals surface area contributed by atoms with Crippen molar-refractivity contribution in [1.29, 1.82) is 0 Å². The Kier molecular flexibility index (Phi) is 3.07. The molecule has 4 heteroatoms. The second-order valence-electron chi connectivity index (χ2n) is 4.97. The summed E-state index contributed by atoms with van der Waals surface area (Å²) >= 11 is 0. The maximum Gasteiger partial charge on any atom is 0.379 e. The fourth-order valence-electron chi connectivity index (χ4n) is 2.29. The number of ketones is 1. The Bertz CT molecular complexity index is 625. The third kappa shape index (κ3) is 2.26. The molecule has 2 aromatic rings. The number of benzene rings is 1. The van der Waals surface area contributed by atoms with E-state index in [9.17, 15) is 9.59 Å². The predicted molar refractivity (Wildman–Crippen MR) is 70.9 cm³/mol. The molecular formula is C15H15NO3. The number of hydrogen-bond acceptors (Lipinski definition) is 3. The van der Waals surface area contributed by atoms with Gasteiger partial charge in [0.05, 0.1) is 12.2 Å². The van der Waals surface area contributed by atoms with E-state index in [4.69, 9.17) is 4.74 Å². The van der Waals surface area contributed by atoms with Crippen LogP contribution in [-0.4, -0.2) is 23.3 Å². The van der Waals surface area contributed by atoms with E-state index >= 15 is 0 Å². The third-order valence-electron chi connectivity index (χ3n) is 3.69. The highest BCUT2D eigenvalue weighted by Gasteiger charge is 2.24. The normalized spacial score (nSPS) is 15.2. The molecule has 1 aliphatic carbocycles. The molecule has 0 bridgehead atoms. The first-order chi connectivity index (χ1) is 9.25. The van der Waals surface area contributed by atoms with E-state index in [2.05, 4.69) is 4.98 Å². The summed E-state index contributed by atoms with van der Waals surface area (Å²) in [6.07, 6.45) is 4.94. The molecule has 0 spiro atoms. The van der Waals surface area contributed by atoms with Crippen LogP contribution in [0.15, 0.2) is 30.5 Å². The molecule has 1 saturated carbocycles. The summed E-state index contributed by atoms with van der Waals surface area (Å²) in [6, 6.07) is 7.40. The van der Waals surface area contributed by atoms with E-state index in [1.807, 2.05) is 24.3 Å². The molecule has 1 aromatic heterocycles. The van der Waals surface area contributed by atoms with E-state index < -0.39 is 11.8 Å². The van der Waals surface area contributed by atoms with Crippen molar-refractivity contribution in [2.24, 2.45) is 5.92 Å². The molecule has 1 aliphatic rings. The maximum atomic E-state index is 12.0. The summed E-state index contributed by atoms with van der Waals surface area (Å²) in [7, 11) is 0. The number of esters is 1. The number of para-hydroxylation sites is 1. The average Bonchev–Trinajstić information content (AvgIpc) is 2.79. The molecule has 0 atom stereocenters. The van der Waals surface area contributed by atoms with E-state index in [1.165, 1.54) is 6.42 Å². The molecule has 1 heterocycles. The van der Waals surface area contributed by atoms with Crippen LogP contribution in [-0.2, 0) is 9.53 Å². The molecule has 0 unspecified atom stereocenters. The van der Waals surface area contributed by atoms with Gasteiger partial charge in [0, 0.05) is 17.1 Å². The molecule has 1 fully saturated rings. The minimum Gasteiger partial charge on any atom is -0.459 e. The first-order valence-electron chi connectivity index (χ1n) is 6.53. The smallest absolute Gasteiger partial charge is 0.379 e. The molecule has 3 rings (SSSR count). The standard InChI is InChI=1S/C15H15NO3/c17-14(15(18)19-9-10-4-3-5-10)12-8-16-13-7-2-1-6-11(12)13/h1-2,6-8,10,16H,3-5,9H2. The van der Waals surface area contributed by atoms with Gasteiger partial charge >= 0.3 is 5.97 Å². The zero-order chi connectivity index (χ0) is 13.2. The number of aromatic nitrogens is 1. The number of nitrogens with one attached hydrogen (secondary N) is 1. The Morgan fingerprint density at radius 2 is 2.05 bits per heavy atom. The maximum absolute atomic E-state index is 12.0. The lowest BCUT2D eigenvalue weighted by molar-refractivity contribution is -0.140. The van der Waals surface area contributed by atoms with Gasteiger partial charge < -0.3 is 9.72 Å². The molecule has 0 saturated heterocycles. The highest BCUT2D eigenvalue weighted by molar-refractivity contribution is 6.42. The van der Waals surface area contributed by atoms with E-state index in [0.29, 0.717) is 18.1 Å². The monoisotopic (exact) mass is 257 g/mol. The molecule has 0 amide bonds. The van der Waals surface area contributed by atoms with Gasteiger partial charge in [0.25, 0.3) is 5.78 Å². The molecule has 1 aromatic carbocycles. The summed E-state index contributed by atoms with van der Waals surface area (Å²) < 4.78 is 5.08. The first-order valence-corrected chi connectivity index (χ1v) is 6.53. The van der Waals surface area contributed by atoms with Crippen molar-refractivity contribution < 1.29 is 14.3 Å². The number of fused-ring (bicyclic) bond motifs is 1. The fraction of sp³-hybridized carbons (Fsp3) is 0.333. The quantitative estimate of drug-likeness (QED) is 0.520. The van der Waals surface area contributed by atoms with Crippen LogP contribution < -0.4 is 0 Å². The third-order valence-corrected chi connectivity index (χ3v) is 3.69. The van der Waals surface area contributed by atoms with Crippen LogP contribution in [0.2, 0.25) is 0 Å². The van der Waals surface area contributed by atoms with Gasteiger partial charge in [-0.05, 0) is 24.8 Å². The van der Waals surface area contributed by atoms with Gasteiger partial charge in [-0.15, -0.1) is 0 Å². The average molecular weight is 257 g/mol. The molecule has 1 N–H and O–H groups in total. The number of carbonyl (C=O) groups is 2. The molecular weight excluding hydrogens is 242 g/mol. The number of hydrogen-bond donors (Lipinski definition) is 1. The van der Waals surface area contributed by atoms with Gasteiger partial charge in [0.1, 0.15) is 0 Å². The van der Waals surface area contributed by atoms with Crippen molar-refractivity contribution in [3.63, 3.8) is 0 Å². The van der Waals surface area contributed by atoms with Gasteiger partial charge in [-0.1, -0.05) is 24.6 Å². The number of Topliss-reactive ketones (excluding diaryl/α,β-unsaturated/α-hetero) is 1. The Balaban J connectivity index is 1.73. The first kappa shape index (κ1) is 12.0. The Hall–Kier alpha value is -2.10. The van der Waals surface area contributed by atoms with Crippen LogP contribution in [0.4, 0.5) is 0 Å². The van der Waals surface area contributed by atoms with E-state index in [1.54, 1.807) is 6.20 Å². The van der Waals surface area contributed by atoms with E-state index in [0.717, 1.165) is 23.7 Å². The minimum absolute atomic E-state index is 0.368. The van der Waals surface area contributed by atoms with Crippen LogP contribution in [0.25, 0.3) is 10.9 Å². The summed E-state index contributed by atoms with van der Waals surface area (Å²) in [5.41, 5.74) is 1.23. The highest BCUT2D eigenvalue weighted by atomic mass is 16.5. The van der Waals surface area contributed by atoms with Crippen molar-refractivity contribution in [1.82, 2.24) is 4.98 Å². The molecule has 0 aliphatic heterocycles. The summed E-state index contributed by atoms with van der Waals surface area (Å²) in [4.78, 5) is 26.8. The van der Waals surface area contributed by atoms with Crippen molar-refractivity contribution in [2.75, 3.05) is 6.61 Å². The predicted octanol–water partition coefficient (Wildman–Crippen LogP) is 2.69. The SMILES string of the molecule is O=C(OCC1CCC1)C(=O)c1c[nH]c2ccccc12. The van der Waals surface area contributed by atoms with Crippen molar-refractivity contribution in [3.8, 4) is 0 Å². The van der Waals surface area contributed by atoms with Crippen molar-refractivity contribution in [3.05, 3.63) is 36.0 Å². The van der Waals surface area contributed by atoms with Crippen LogP contribution in [0.1, 0.15) is 29.6 Å². The molecule has 19 heavy (non-hydrogen) atoms. The van der Waals surface area contributed by atoms with Crippen molar-refractivity contribution >= 4 is 22.7 Å². The number of carbonyl (C=O) groups excluding carboxylic acids is 2. The zero-order valence-electron chi connectivity index (χ0n) is 10.5. The summed E-state index contributed by atoms with van der Waals surface area (Å²) in [5.74, 6) is -0.881. The number of ether oxygens (including phenoxy) is 1. The zero-order valence-corrected chi connectivity index (χ0v) is 10.5. The second-order valence-corrected chi connectivity index (χ2v) is 4.97. The van der Waals surface area contributed by atoms with Crippen LogP contribution >= 0.6 is 0 Å². The largest absolute Gasteiger partial charge is 0.459 e. The summed E-state index contributed by atoms with van der Waals surface area (Å²) in [6.45, 7) is 0.368. The van der Waals surface area contributed by atoms with Gasteiger partial charge in [0.15, 0.2) is 0 Å². The number of rotatable bonds is 4. The van der Waals surface area contributed by atoms with Crippen LogP contribution in [0.3, 0.4) is 0 Å². The lowest BCUT2D eigenvalue weighted by Crippen LogP contribution is -2.24. The Labute approximate surface area is 110 Å². The van der Waals surface area contributed by atoms with Gasteiger partial charge in [-0.3, -0.25) is 4.79 Å². The topological polar surface area (TPSA) is 59.2 Å². The number of aromatic amines is 1. The molecule has 4 nitrogen and oxygen atoms in total. The number of H-pyrrole nitrogens is 1. The molecule has 0 radical (unpaired) electrons. The Morgan fingerprint density at radius 1 is 1.26 bits per heavy atom.